The SMILES string of the molecule is C=CCCC(C(=O)NC)N(C)Cc1cc(C)ccc1C=C. The molecule has 0 heterocycles. The Morgan fingerprint density at radius 1 is 1.43 bits per heavy atom. The Balaban J connectivity index is 2.92. The highest BCUT2D eigenvalue weighted by molar-refractivity contribution is 5.81. The summed E-state index contributed by atoms with van der Waals surface area (Å²) in [6.07, 6.45) is 5.31. The predicted octanol–water partition coefficient (Wildman–Crippen LogP) is 3.15. The maximum absolute atomic E-state index is 12.1. The molecule has 0 radical (unpaired) electrons. The lowest BCUT2D eigenvalue weighted by Crippen LogP contribution is -2.43. The molecule has 0 saturated heterocycles. The number of likely N-dealkylation sites (N-methyl/N-ethyl adjacent to an activating group) is 2. The third-order valence-electron chi connectivity index (χ3n) is 3.66. The van der Waals surface area contributed by atoms with Gasteiger partial charge >= 0.3 is 0 Å². The van der Waals surface area contributed by atoms with Crippen molar-refractivity contribution < 1.29 is 4.79 Å². The fourth-order valence-electron chi connectivity index (χ4n) is 2.44. The van der Waals surface area contributed by atoms with Gasteiger partial charge < -0.3 is 5.32 Å². The van der Waals surface area contributed by atoms with Crippen molar-refractivity contribution in [3.05, 3.63) is 54.1 Å². The van der Waals surface area contributed by atoms with E-state index in [1.165, 1.54) is 11.1 Å². The molecule has 0 spiro atoms. The van der Waals surface area contributed by atoms with Crippen molar-refractivity contribution in [2.45, 2.75) is 32.4 Å². The van der Waals surface area contributed by atoms with E-state index in [-0.39, 0.29) is 11.9 Å². The molecule has 0 aliphatic rings. The molecule has 1 rings (SSSR count). The van der Waals surface area contributed by atoms with Crippen LogP contribution in [0.4, 0.5) is 0 Å². The molecule has 1 atom stereocenters. The van der Waals surface area contributed by atoms with Gasteiger partial charge in [0.15, 0.2) is 0 Å². The van der Waals surface area contributed by atoms with E-state index in [0.717, 1.165) is 24.9 Å². The first kappa shape index (κ1) is 17.2. The lowest BCUT2D eigenvalue weighted by atomic mass is 10.0. The van der Waals surface area contributed by atoms with Crippen molar-refractivity contribution >= 4 is 12.0 Å². The number of hydrogen-bond acceptors (Lipinski definition) is 2. The van der Waals surface area contributed by atoms with E-state index < -0.39 is 0 Å². The summed E-state index contributed by atoms with van der Waals surface area (Å²) >= 11 is 0. The molecule has 3 nitrogen and oxygen atoms in total. The second kappa shape index (κ2) is 8.42. The summed E-state index contributed by atoms with van der Waals surface area (Å²) in [5, 5.41) is 2.75. The molecule has 1 amide bonds. The van der Waals surface area contributed by atoms with Crippen molar-refractivity contribution in [1.29, 1.82) is 0 Å². The smallest absolute Gasteiger partial charge is 0.237 e. The van der Waals surface area contributed by atoms with Gasteiger partial charge in [-0.05, 0) is 37.9 Å². The van der Waals surface area contributed by atoms with E-state index in [1.54, 1.807) is 7.05 Å². The number of carbonyl (C=O) groups is 1. The Hall–Kier alpha value is -1.87. The fourth-order valence-corrected chi connectivity index (χ4v) is 2.44. The Labute approximate surface area is 128 Å². The Morgan fingerprint density at radius 3 is 2.71 bits per heavy atom. The number of nitrogens with one attached hydrogen (secondary N) is 1. The van der Waals surface area contributed by atoms with Crippen LogP contribution < -0.4 is 5.32 Å². The molecular weight excluding hydrogens is 260 g/mol. The number of benzene rings is 1. The zero-order chi connectivity index (χ0) is 15.8. The summed E-state index contributed by atoms with van der Waals surface area (Å²) in [6.45, 7) is 10.4. The molecule has 0 fully saturated rings. The molecule has 3 heteroatoms. The third kappa shape index (κ3) is 4.87. The van der Waals surface area contributed by atoms with E-state index in [4.69, 9.17) is 0 Å². The lowest BCUT2D eigenvalue weighted by molar-refractivity contribution is -0.125. The van der Waals surface area contributed by atoms with Gasteiger partial charge in [0, 0.05) is 13.6 Å². The molecule has 0 aliphatic heterocycles. The van der Waals surface area contributed by atoms with Gasteiger partial charge in [0.2, 0.25) is 5.91 Å². The maximum atomic E-state index is 12.1. The normalized spacial score (nSPS) is 12.0. The number of rotatable bonds is 8. The number of nitrogens with zero attached hydrogens (tertiary/aromatic N) is 1. The Bertz CT molecular complexity index is 508. The summed E-state index contributed by atoms with van der Waals surface area (Å²) in [5.41, 5.74) is 3.53. The van der Waals surface area contributed by atoms with Gasteiger partial charge in [-0.1, -0.05) is 42.5 Å². The molecule has 1 N–H and O–H groups in total. The summed E-state index contributed by atoms with van der Waals surface area (Å²) in [6, 6.07) is 6.16. The molecule has 114 valence electrons. The molecule has 0 aliphatic carbocycles. The van der Waals surface area contributed by atoms with Crippen LogP contribution in [0.2, 0.25) is 0 Å². The molecule has 1 aromatic rings. The number of allylic oxidation sites excluding steroid dienone is 1. The van der Waals surface area contributed by atoms with Gasteiger partial charge in [0.05, 0.1) is 6.04 Å². The maximum Gasteiger partial charge on any atom is 0.237 e. The zero-order valence-electron chi connectivity index (χ0n) is 13.4. The zero-order valence-corrected chi connectivity index (χ0v) is 13.4. The minimum absolute atomic E-state index is 0.0483. The van der Waals surface area contributed by atoms with Crippen LogP contribution in [0.15, 0.2) is 37.4 Å². The number of amides is 1. The van der Waals surface area contributed by atoms with Gasteiger partial charge in [0.25, 0.3) is 0 Å². The molecule has 1 aromatic carbocycles. The van der Waals surface area contributed by atoms with Gasteiger partial charge in [-0.2, -0.15) is 0 Å². The Morgan fingerprint density at radius 2 is 2.14 bits per heavy atom. The van der Waals surface area contributed by atoms with Crippen molar-refractivity contribution in [3.63, 3.8) is 0 Å². The first-order valence-corrected chi connectivity index (χ1v) is 7.28. The fraction of sp³-hybridized carbons (Fsp3) is 0.389. The summed E-state index contributed by atoms with van der Waals surface area (Å²) in [7, 11) is 3.66. The minimum atomic E-state index is -0.147. The predicted molar refractivity (Wildman–Crippen MR) is 90.0 cm³/mol. The highest BCUT2D eigenvalue weighted by Gasteiger charge is 2.21. The molecule has 1 unspecified atom stereocenters. The van der Waals surface area contributed by atoms with Crippen LogP contribution in [0, 0.1) is 6.92 Å². The van der Waals surface area contributed by atoms with Crippen LogP contribution in [0.3, 0.4) is 0 Å². The first-order chi connectivity index (χ1) is 10.0. The van der Waals surface area contributed by atoms with Gasteiger partial charge in [-0.15, -0.1) is 6.58 Å². The van der Waals surface area contributed by atoms with E-state index >= 15 is 0 Å². The topological polar surface area (TPSA) is 32.3 Å². The largest absolute Gasteiger partial charge is 0.358 e. The number of aryl methyl sites for hydroxylation is 1. The van der Waals surface area contributed by atoms with Gasteiger partial charge in [-0.25, -0.2) is 0 Å². The van der Waals surface area contributed by atoms with E-state index in [2.05, 4.69) is 48.5 Å². The van der Waals surface area contributed by atoms with Crippen LogP contribution in [0.5, 0.6) is 0 Å². The molecular formula is C18H26N2O. The van der Waals surface area contributed by atoms with Crippen molar-refractivity contribution in [1.82, 2.24) is 10.2 Å². The minimum Gasteiger partial charge on any atom is -0.358 e. The van der Waals surface area contributed by atoms with E-state index in [1.807, 2.05) is 19.2 Å². The monoisotopic (exact) mass is 286 g/mol. The van der Waals surface area contributed by atoms with Crippen LogP contribution in [0.1, 0.15) is 29.5 Å². The van der Waals surface area contributed by atoms with E-state index in [0.29, 0.717) is 0 Å². The average molecular weight is 286 g/mol. The number of hydrogen-bond donors (Lipinski definition) is 1. The summed E-state index contributed by atoms with van der Waals surface area (Å²) < 4.78 is 0. The first-order valence-electron chi connectivity index (χ1n) is 7.28. The summed E-state index contributed by atoms with van der Waals surface area (Å²) in [4.78, 5) is 14.2. The Kier molecular flexibility index (Phi) is 6.89. The third-order valence-corrected chi connectivity index (χ3v) is 3.66. The lowest BCUT2D eigenvalue weighted by Gasteiger charge is -2.27. The second-order valence-electron chi connectivity index (χ2n) is 5.32. The van der Waals surface area contributed by atoms with Crippen LogP contribution >= 0.6 is 0 Å². The number of carbonyl (C=O) groups excluding carboxylic acids is 1. The molecule has 21 heavy (non-hydrogen) atoms. The highest BCUT2D eigenvalue weighted by Crippen LogP contribution is 2.17. The molecule has 0 bridgehead atoms. The van der Waals surface area contributed by atoms with Crippen molar-refractivity contribution in [2.24, 2.45) is 0 Å². The van der Waals surface area contributed by atoms with Crippen molar-refractivity contribution in [3.8, 4) is 0 Å². The van der Waals surface area contributed by atoms with Crippen LogP contribution in [-0.2, 0) is 11.3 Å². The van der Waals surface area contributed by atoms with Crippen LogP contribution in [-0.4, -0.2) is 30.9 Å². The second-order valence-corrected chi connectivity index (χ2v) is 5.32. The van der Waals surface area contributed by atoms with Crippen LogP contribution in [0.25, 0.3) is 6.08 Å². The average Bonchev–Trinajstić information content (AvgIpc) is 2.47. The molecule has 0 saturated carbocycles. The van der Waals surface area contributed by atoms with Crippen molar-refractivity contribution in [2.75, 3.05) is 14.1 Å². The van der Waals surface area contributed by atoms with Gasteiger partial charge in [0.1, 0.15) is 0 Å². The molecule has 0 aromatic heterocycles. The highest BCUT2D eigenvalue weighted by atomic mass is 16.2. The van der Waals surface area contributed by atoms with Gasteiger partial charge in [-0.3, -0.25) is 9.69 Å². The van der Waals surface area contributed by atoms with E-state index in [9.17, 15) is 4.79 Å². The summed E-state index contributed by atoms with van der Waals surface area (Å²) in [5.74, 6) is 0.0483. The quantitative estimate of drug-likeness (QED) is 0.745. The standard InChI is InChI=1S/C18H26N2O/c1-6-8-9-17(18(21)19-4)20(5)13-16-12-14(3)10-11-15(16)7-2/h6-7,10-12,17H,1-2,8-9,13H2,3-5H3,(H,19,21).